The predicted octanol–water partition coefficient (Wildman–Crippen LogP) is 1.83. The van der Waals surface area contributed by atoms with Crippen LogP contribution in [0.5, 0.6) is 0 Å². The van der Waals surface area contributed by atoms with Crippen molar-refractivity contribution in [1.82, 2.24) is 14.5 Å². The van der Waals surface area contributed by atoms with E-state index in [1.807, 2.05) is 7.05 Å². The molecule has 1 aromatic rings. The van der Waals surface area contributed by atoms with Crippen molar-refractivity contribution in [3.63, 3.8) is 0 Å². The Morgan fingerprint density at radius 3 is 2.94 bits per heavy atom. The first-order valence-electron chi connectivity index (χ1n) is 6.48. The van der Waals surface area contributed by atoms with E-state index in [2.05, 4.69) is 26.7 Å². The van der Waals surface area contributed by atoms with Gasteiger partial charge in [0.15, 0.2) is 0 Å². The van der Waals surface area contributed by atoms with E-state index in [4.69, 9.17) is 4.74 Å². The first-order chi connectivity index (χ1) is 8.76. The number of aromatic nitrogens is 2. The zero-order valence-electron chi connectivity index (χ0n) is 11.3. The molecule has 1 saturated carbocycles. The van der Waals surface area contributed by atoms with Crippen molar-refractivity contribution in [3.8, 4) is 0 Å². The Morgan fingerprint density at radius 1 is 1.56 bits per heavy atom. The van der Waals surface area contributed by atoms with Crippen molar-refractivity contribution >= 4 is 16.5 Å². The minimum Gasteiger partial charge on any atom is -0.383 e. The molecule has 5 nitrogen and oxygen atoms in total. The Hall–Kier alpha value is -0.720. The Labute approximate surface area is 113 Å². The van der Waals surface area contributed by atoms with Crippen LogP contribution in [0.1, 0.15) is 25.5 Å². The van der Waals surface area contributed by atoms with Crippen LogP contribution in [0.3, 0.4) is 0 Å². The number of rotatable bonds is 8. The summed E-state index contributed by atoms with van der Waals surface area (Å²) in [6, 6.07) is 0.603. The molecule has 0 aliphatic heterocycles. The summed E-state index contributed by atoms with van der Waals surface area (Å²) in [5, 5.41) is 8.45. The van der Waals surface area contributed by atoms with E-state index < -0.39 is 0 Å². The summed E-state index contributed by atoms with van der Waals surface area (Å²) in [6.07, 6.45) is 2.72. The van der Waals surface area contributed by atoms with Crippen molar-refractivity contribution in [1.29, 1.82) is 0 Å². The number of nitrogens with one attached hydrogen (secondary N) is 1. The van der Waals surface area contributed by atoms with Crippen LogP contribution in [-0.2, 0) is 11.3 Å². The number of hydrogen-bond acceptors (Lipinski definition) is 6. The van der Waals surface area contributed by atoms with Gasteiger partial charge in [0.2, 0.25) is 0 Å². The average Bonchev–Trinajstić information content (AvgIpc) is 3.14. The van der Waals surface area contributed by atoms with E-state index in [1.165, 1.54) is 24.4 Å². The normalized spacial score (nSPS) is 17.1. The third-order valence-electron chi connectivity index (χ3n) is 3.60. The molecule has 0 saturated heterocycles. The van der Waals surface area contributed by atoms with Crippen LogP contribution in [-0.4, -0.2) is 47.8 Å². The van der Waals surface area contributed by atoms with E-state index in [0.29, 0.717) is 6.04 Å². The van der Waals surface area contributed by atoms with Gasteiger partial charge in [0.1, 0.15) is 10.7 Å². The number of hydrogen-bond donors (Lipinski definition) is 1. The van der Waals surface area contributed by atoms with Crippen LogP contribution in [0.25, 0.3) is 0 Å². The van der Waals surface area contributed by atoms with Gasteiger partial charge >= 0.3 is 0 Å². The fourth-order valence-corrected chi connectivity index (χ4v) is 2.73. The summed E-state index contributed by atoms with van der Waals surface area (Å²) in [7, 11) is 3.67. The summed E-state index contributed by atoms with van der Waals surface area (Å²) in [5.74, 6) is 0.853. The van der Waals surface area contributed by atoms with Crippen LogP contribution < -0.4 is 5.32 Å². The summed E-state index contributed by atoms with van der Waals surface area (Å²) in [4.78, 5) is 2.46. The molecule has 0 spiro atoms. The summed E-state index contributed by atoms with van der Waals surface area (Å²) in [5.41, 5.74) is 1.05. The van der Waals surface area contributed by atoms with Gasteiger partial charge in [-0.15, -0.1) is 5.10 Å². The molecule has 0 aromatic carbocycles. The Balaban J connectivity index is 1.99. The first kappa shape index (κ1) is 13.7. The molecule has 1 fully saturated rings. The SMILES string of the molecule is CNc1snnc1CN(CCOC)C(C)C1CC1. The number of methoxy groups -OCH3 is 1. The molecule has 1 N–H and O–H groups in total. The average molecular weight is 270 g/mol. The highest BCUT2D eigenvalue weighted by molar-refractivity contribution is 7.10. The largest absolute Gasteiger partial charge is 0.383 e. The molecule has 1 atom stereocenters. The van der Waals surface area contributed by atoms with Crippen LogP contribution in [0.2, 0.25) is 0 Å². The Kier molecular flexibility index (Phi) is 4.91. The standard InChI is InChI=1S/C12H22N4OS/c1-9(10-4-5-10)16(6-7-17-3)8-11-12(13-2)18-15-14-11/h9-10,13H,4-8H2,1-3H3. The van der Waals surface area contributed by atoms with Crippen LogP contribution >= 0.6 is 11.5 Å². The van der Waals surface area contributed by atoms with Crippen molar-refractivity contribution in [2.24, 2.45) is 5.92 Å². The molecule has 1 aliphatic carbocycles. The highest BCUT2D eigenvalue weighted by Gasteiger charge is 2.32. The lowest BCUT2D eigenvalue weighted by Gasteiger charge is -2.28. The van der Waals surface area contributed by atoms with E-state index in [0.717, 1.165) is 36.3 Å². The van der Waals surface area contributed by atoms with Crippen LogP contribution in [0.4, 0.5) is 5.00 Å². The predicted molar refractivity (Wildman–Crippen MR) is 73.9 cm³/mol. The van der Waals surface area contributed by atoms with Crippen molar-refractivity contribution in [2.75, 3.05) is 32.6 Å². The van der Waals surface area contributed by atoms with Gasteiger partial charge in [-0.3, -0.25) is 4.90 Å². The van der Waals surface area contributed by atoms with Crippen molar-refractivity contribution in [3.05, 3.63) is 5.69 Å². The third kappa shape index (κ3) is 3.40. The summed E-state index contributed by atoms with van der Waals surface area (Å²) >= 11 is 1.42. The van der Waals surface area contributed by atoms with Crippen molar-refractivity contribution in [2.45, 2.75) is 32.4 Å². The third-order valence-corrected chi connectivity index (χ3v) is 4.38. The zero-order chi connectivity index (χ0) is 13.0. The van der Waals surface area contributed by atoms with Gasteiger partial charge in [-0.2, -0.15) is 0 Å². The van der Waals surface area contributed by atoms with E-state index in [9.17, 15) is 0 Å². The Morgan fingerprint density at radius 2 is 2.33 bits per heavy atom. The molecule has 0 radical (unpaired) electrons. The molecular weight excluding hydrogens is 248 g/mol. The van der Waals surface area contributed by atoms with E-state index in [-0.39, 0.29) is 0 Å². The lowest BCUT2D eigenvalue weighted by Crippen LogP contribution is -2.36. The maximum Gasteiger partial charge on any atom is 0.134 e. The molecule has 6 heteroatoms. The second-order valence-electron chi connectivity index (χ2n) is 4.84. The number of anilines is 1. The quantitative estimate of drug-likeness (QED) is 0.781. The minimum atomic E-state index is 0.603. The van der Waals surface area contributed by atoms with Crippen LogP contribution in [0, 0.1) is 5.92 Å². The molecule has 1 aromatic heterocycles. The van der Waals surface area contributed by atoms with Gasteiger partial charge in [-0.05, 0) is 25.7 Å². The van der Waals surface area contributed by atoms with Crippen molar-refractivity contribution < 1.29 is 4.74 Å². The molecule has 102 valence electrons. The number of ether oxygens (including phenoxy) is 1. The van der Waals surface area contributed by atoms with Gasteiger partial charge in [-0.1, -0.05) is 4.49 Å². The maximum atomic E-state index is 5.21. The first-order valence-corrected chi connectivity index (χ1v) is 7.25. The molecule has 1 aliphatic rings. The minimum absolute atomic E-state index is 0.603. The fourth-order valence-electron chi connectivity index (χ4n) is 2.21. The second-order valence-corrected chi connectivity index (χ2v) is 5.59. The highest BCUT2D eigenvalue weighted by Crippen LogP contribution is 2.35. The number of nitrogens with zero attached hydrogens (tertiary/aromatic N) is 3. The zero-order valence-corrected chi connectivity index (χ0v) is 12.2. The highest BCUT2D eigenvalue weighted by atomic mass is 32.1. The monoisotopic (exact) mass is 270 g/mol. The topological polar surface area (TPSA) is 50.3 Å². The maximum absolute atomic E-state index is 5.21. The lowest BCUT2D eigenvalue weighted by molar-refractivity contribution is 0.111. The molecular formula is C12H22N4OS. The fraction of sp³-hybridized carbons (Fsp3) is 0.833. The Bertz CT molecular complexity index is 367. The van der Waals surface area contributed by atoms with Gasteiger partial charge in [0.25, 0.3) is 0 Å². The molecule has 18 heavy (non-hydrogen) atoms. The van der Waals surface area contributed by atoms with E-state index >= 15 is 0 Å². The van der Waals surface area contributed by atoms with E-state index in [1.54, 1.807) is 7.11 Å². The summed E-state index contributed by atoms with van der Waals surface area (Å²) in [6.45, 7) is 4.89. The lowest BCUT2D eigenvalue weighted by atomic mass is 10.1. The molecule has 1 heterocycles. The molecule has 1 unspecified atom stereocenters. The summed E-state index contributed by atoms with van der Waals surface area (Å²) < 4.78 is 9.23. The second kappa shape index (κ2) is 6.45. The molecule has 0 bridgehead atoms. The molecule has 2 rings (SSSR count). The van der Waals surface area contributed by atoms with Gasteiger partial charge in [-0.25, -0.2) is 0 Å². The van der Waals surface area contributed by atoms with Gasteiger partial charge in [0, 0.05) is 44.8 Å². The smallest absolute Gasteiger partial charge is 0.134 e. The van der Waals surface area contributed by atoms with Gasteiger partial charge in [0.05, 0.1) is 6.61 Å². The molecule has 0 amide bonds. The van der Waals surface area contributed by atoms with Crippen LogP contribution in [0.15, 0.2) is 0 Å². The van der Waals surface area contributed by atoms with Gasteiger partial charge < -0.3 is 10.1 Å².